The van der Waals surface area contributed by atoms with Crippen LogP contribution in [-0.2, 0) is 14.9 Å². The molecule has 0 spiro atoms. The first-order valence-corrected chi connectivity index (χ1v) is 9.79. The van der Waals surface area contributed by atoms with Crippen LogP contribution >= 0.6 is 7.26 Å². The summed E-state index contributed by atoms with van der Waals surface area (Å²) in [4.78, 5) is 0. The topological polar surface area (TPSA) is 66.4 Å². The quantitative estimate of drug-likeness (QED) is 0.428. The number of methoxy groups -OCH3 is 1. The summed E-state index contributed by atoms with van der Waals surface area (Å²) in [6.07, 6.45) is 5.50. The van der Waals surface area contributed by atoms with Crippen LogP contribution in [0.15, 0.2) is 0 Å². The maximum atomic E-state index is 10.7. The molecule has 0 aromatic heterocycles. The third-order valence-electron chi connectivity index (χ3n) is 3.07. The van der Waals surface area contributed by atoms with Crippen molar-refractivity contribution in [1.82, 2.24) is 0 Å². The monoisotopic (exact) mass is 326 g/mol. The number of alkyl halides is 3. The van der Waals surface area contributed by atoms with Crippen molar-refractivity contribution in [1.29, 1.82) is 0 Å². The molecular weight excluding hydrogens is 304 g/mol. The van der Waals surface area contributed by atoms with Crippen molar-refractivity contribution in [2.24, 2.45) is 0 Å². The van der Waals surface area contributed by atoms with Crippen LogP contribution in [-0.4, -0.2) is 56.8 Å². The zero-order valence-electron chi connectivity index (χ0n) is 11.7. The van der Waals surface area contributed by atoms with Gasteiger partial charge in [-0.25, -0.2) is 8.42 Å². The van der Waals surface area contributed by atoms with Crippen molar-refractivity contribution in [2.75, 3.05) is 38.4 Å². The number of ether oxygens (including phenoxy) is 1. The van der Waals surface area contributed by atoms with Crippen molar-refractivity contribution < 1.29 is 30.9 Å². The second-order valence-electron chi connectivity index (χ2n) is 3.91. The molecule has 19 heavy (non-hydrogen) atoms. The van der Waals surface area contributed by atoms with E-state index < -0.39 is 22.9 Å². The molecule has 118 valence electrons. The maximum absolute atomic E-state index is 10.7. The van der Waals surface area contributed by atoms with Gasteiger partial charge in [0.2, 0.25) is 0 Å². The molecule has 9 heteroatoms. The lowest BCUT2D eigenvalue weighted by Gasteiger charge is -2.22. The fraction of sp³-hybridized carbons (Fsp3) is 1.00. The van der Waals surface area contributed by atoms with E-state index in [9.17, 15) is 13.2 Å². The van der Waals surface area contributed by atoms with Crippen molar-refractivity contribution >= 4 is 17.4 Å². The van der Waals surface area contributed by atoms with E-state index in [1.165, 1.54) is 24.6 Å². The third-order valence-corrected chi connectivity index (χ3v) is 8.79. The van der Waals surface area contributed by atoms with Crippen molar-refractivity contribution in [2.45, 2.75) is 26.3 Å². The van der Waals surface area contributed by atoms with Crippen LogP contribution in [0.25, 0.3) is 0 Å². The molecule has 0 unspecified atom stereocenters. The Kier molecular flexibility index (Phi) is 10.2. The van der Waals surface area contributed by atoms with Crippen molar-refractivity contribution in [3.63, 3.8) is 0 Å². The molecular formula is C10H22F3O4PS. The highest BCUT2D eigenvalue weighted by atomic mass is 32.2. The Labute approximate surface area is 113 Å². The van der Waals surface area contributed by atoms with E-state index in [1.807, 2.05) is 0 Å². The molecule has 0 saturated heterocycles. The molecule has 0 bridgehead atoms. The summed E-state index contributed by atoms with van der Waals surface area (Å²) < 4.78 is 64.0. The Morgan fingerprint density at radius 2 is 1.42 bits per heavy atom. The molecule has 0 atom stereocenters. The van der Waals surface area contributed by atoms with Crippen LogP contribution < -0.4 is 0 Å². The molecule has 0 aromatic rings. The highest BCUT2D eigenvalue weighted by molar-refractivity contribution is 7.86. The molecule has 0 saturated carbocycles. The lowest BCUT2D eigenvalue weighted by atomic mass is 10.8. The van der Waals surface area contributed by atoms with Gasteiger partial charge in [-0.1, -0.05) is 0 Å². The second kappa shape index (κ2) is 9.10. The Balaban J connectivity index is 0. The van der Waals surface area contributed by atoms with E-state index in [4.69, 9.17) is 17.7 Å². The SMILES string of the molecule is CC[P+](CC)(CC)CCOC.O=S(=O)([O-])C(F)(F)F. The van der Waals surface area contributed by atoms with Gasteiger partial charge in [0, 0.05) is 14.4 Å². The van der Waals surface area contributed by atoms with Gasteiger partial charge in [-0.2, -0.15) is 13.2 Å². The minimum atomic E-state index is -6.09. The molecule has 0 aliphatic rings. The Morgan fingerprint density at radius 1 is 1.11 bits per heavy atom. The summed E-state index contributed by atoms with van der Waals surface area (Å²) in [5.74, 6) is 0. The van der Waals surface area contributed by atoms with E-state index in [1.54, 1.807) is 7.11 Å². The van der Waals surface area contributed by atoms with Gasteiger partial charge in [-0.3, -0.25) is 0 Å². The third kappa shape index (κ3) is 8.78. The van der Waals surface area contributed by atoms with E-state index in [0.29, 0.717) is 0 Å². The van der Waals surface area contributed by atoms with Crippen LogP contribution in [0.4, 0.5) is 13.2 Å². The zero-order valence-corrected chi connectivity index (χ0v) is 13.4. The van der Waals surface area contributed by atoms with Crippen LogP contribution in [0.1, 0.15) is 20.8 Å². The normalized spacial score (nSPS) is 12.8. The standard InChI is InChI=1S/C9H22OP.CHF3O3S/c1-5-11(6-2,7-3)9-8-10-4;2-1(3,4)8(5,6)7/h5-9H2,1-4H3;(H,5,6,7)/q+1;/p-1. The zero-order chi connectivity index (χ0) is 15.7. The average molecular weight is 326 g/mol. The van der Waals surface area contributed by atoms with Gasteiger partial charge >= 0.3 is 5.51 Å². The van der Waals surface area contributed by atoms with Gasteiger partial charge in [0.25, 0.3) is 0 Å². The first-order valence-electron chi connectivity index (χ1n) is 5.85. The lowest BCUT2D eigenvalue weighted by Crippen LogP contribution is -2.21. The van der Waals surface area contributed by atoms with E-state index >= 15 is 0 Å². The summed E-state index contributed by atoms with van der Waals surface area (Å²) in [7, 11) is -4.87. The Hall–Kier alpha value is 0.0900. The smallest absolute Gasteiger partial charge is 0.485 e. The molecule has 0 N–H and O–H groups in total. The molecule has 0 aliphatic carbocycles. The molecule has 0 aromatic carbocycles. The van der Waals surface area contributed by atoms with Crippen molar-refractivity contribution in [3.8, 4) is 0 Å². The fourth-order valence-corrected chi connectivity index (χ4v) is 4.29. The highest BCUT2D eigenvalue weighted by Crippen LogP contribution is 2.57. The van der Waals surface area contributed by atoms with E-state index in [0.717, 1.165) is 6.61 Å². The van der Waals surface area contributed by atoms with E-state index in [2.05, 4.69) is 20.8 Å². The number of rotatable bonds is 6. The van der Waals surface area contributed by atoms with Crippen LogP contribution in [0.3, 0.4) is 0 Å². The summed E-state index contributed by atoms with van der Waals surface area (Å²) in [6.45, 7) is 7.95. The molecule has 0 radical (unpaired) electrons. The Bertz CT molecular complexity index is 318. The molecule has 0 rings (SSSR count). The van der Waals surface area contributed by atoms with Crippen LogP contribution in [0.2, 0.25) is 0 Å². The van der Waals surface area contributed by atoms with Gasteiger partial charge in [0.1, 0.15) is 0 Å². The maximum Gasteiger partial charge on any atom is 0.485 e. The van der Waals surface area contributed by atoms with Gasteiger partial charge in [-0.05, 0) is 20.8 Å². The minimum absolute atomic E-state index is 0.580. The average Bonchev–Trinajstić information content (AvgIpc) is 2.30. The highest BCUT2D eigenvalue weighted by Gasteiger charge is 2.36. The number of halogens is 3. The summed E-state index contributed by atoms with van der Waals surface area (Å²) >= 11 is 0. The second-order valence-corrected chi connectivity index (χ2v) is 10.3. The lowest BCUT2D eigenvalue weighted by molar-refractivity contribution is -0.0517. The summed E-state index contributed by atoms with van der Waals surface area (Å²) in [5.41, 5.74) is -5.65. The predicted molar refractivity (Wildman–Crippen MR) is 71.0 cm³/mol. The first kappa shape index (κ1) is 21.4. The van der Waals surface area contributed by atoms with Crippen LogP contribution in [0, 0.1) is 0 Å². The van der Waals surface area contributed by atoms with Gasteiger partial charge in [0.15, 0.2) is 10.1 Å². The molecule has 4 nitrogen and oxygen atoms in total. The molecule has 0 amide bonds. The van der Waals surface area contributed by atoms with Gasteiger partial charge in [0.05, 0.1) is 31.3 Å². The van der Waals surface area contributed by atoms with Gasteiger partial charge in [-0.15, -0.1) is 0 Å². The summed E-state index contributed by atoms with van der Waals surface area (Å²) in [6, 6.07) is 0. The minimum Gasteiger partial charge on any atom is -0.741 e. The largest absolute Gasteiger partial charge is 0.741 e. The van der Waals surface area contributed by atoms with E-state index in [-0.39, 0.29) is 0 Å². The number of hydrogen-bond donors (Lipinski definition) is 0. The van der Waals surface area contributed by atoms with Crippen LogP contribution in [0.5, 0.6) is 0 Å². The fourth-order valence-electron chi connectivity index (χ4n) is 1.43. The molecule has 0 aliphatic heterocycles. The molecule has 0 fully saturated rings. The number of hydrogen-bond acceptors (Lipinski definition) is 4. The predicted octanol–water partition coefficient (Wildman–Crippen LogP) is 2.76. The Morgan fingerprint density at radius 3 is 1.58 bits per heavy atom. The summed E-state index contributed by atoms with van der Waals surface area (Å²) in [5, 5.41) is 0. The first-order chi connectivity index (χ1) is 8.49. The van der Waals surface area contributed by atoms with Gasteiger partial charge < -0.3 is 9.29 Å². The molecule has 0 heterocycles. The van der Waals surface area contributed by atoms with Crippen molar-refractivity contribution in [3.05, 3.63) is 0 Å².